The first-order valence-corrected chi connectivity index (χ1v) is 4.89. The number of carbonyl (C=O) groups is 3. The van der Waals surface area contributed by atoms with E-state index in [9.17, 15) is 14.4 Å². The van der Waals surface area contributed by atoms with Crippen LogP contribution in [0.3, 0.4) is 0 Å². The van der Waals surface area contributed by atoms with Crippen molar-refractivity contribution in [1.82, 2.24) is 5.32 Å². The zero-order valence-corrected chi connectivity index (χ0v) is 9.10. The molecule has 0 rings (SSSR count). The molecule has 0 aliphatic heterocycles. The Labute approximate surface area is 93.2 Å². The number of carboxylic acids is 1. The molecule has 0 saturated heterocycles. The van der Waals surface area contributed by atoms with Gasteiger partial charge in [-0.1, -0.05) is 0 Å². The van der Waals surface area contributed by atoms with E-state index in [0.717, 1.165) is 0 Å². The van der Waals surface area contributed by atoms with Crippen molar-refractivity contribution >= 4 is 17.8 Å². The van der Waals surface area contributed by atoms with Gasteiger partial charge in [-0.3, -0.25) is 9.59 Å². The van der Waals surface area contributed by atoms with E-state index in [-0.39, 0.29) is 25.3 Å². The Balaban J connectivity index is 4.17. The molecule has 1 unspecified atom stereocenters. The zero-order valence-electron chi connectivity index (χ0n) is 9.10. The number of rotatable bonds is 7. The molecule has 0 aliphatic rings. The molecule has 0 bridgehead atoms. The van der Waals surface area contributed by atoms with E-state index in [1.165, 1.54) is 0 Å². The maximum absolute atomic E-state index is 11.2. The number of nitrogens with two attached hydrogens (primary N) is 2. The van der Waals surface area contributed by atoms with Crippen LogP contribution in [0.4, 0.5) is 0 Å². The summed E-state index contributed by atoms with van der Waals surface area (Å²) in [5, 5.41) is 11.0. The van der Waals surface area contributed by atoms with E-state index in [1.807, 2.05) is 0 Å². The van der Waals surface area contributed by atoms with Gasteiger partial charge in [0.1, 0.15) is 6.04 Å². The van der Waals surface area contributed by atoms with E-state index in [4.69, 9.17) is 16.6 Å². The number of carboxylic acid groups (broad SMARTS) is 1. The minimum absolute atomic E-state index is 0.0185. The summed E-state index contributed by atoms with van der Waals surface area (Å²) in [5.41, 5.74) is 10.3. The summed E-state index contributed by atoms with van der Waals surface area (Å²) in [6.45, 7) is 1.64. The zero-order chi connectivity index (χ0) is 12.7. The summed E-state index contributed by atoms with van der Waals surface area (Å²) in [4.78, 5) is 32.5. The Morgan fingerprint density at radius 2 is 1.94 bits per heavy atom. The molecule has 2 amide bonds. The van der Waals surface area contributed by atoms with Crippen LogP contribution in [0.1, 0.15) is 26.2 Å². The number of hydrogen-bond donors (Lipinski definition) is 4. The normalized spacial score (nSPS) is 13.9. The van der Waals surface area contributed by atoms with Gasteiger partial charge < -0.3 is 21.9 Å². The van der Waals surface area contributed by atoms with Gasteiger partial charge >= 0.3 is 5.97 Å². The summed E-state index contributed by atoms with van der Waals surface area (Å²) < 4.78 is 0. The first kappa shape index (κ1) is 14.4. The lowest BCUT2D eigenvalue weighted by Crippen LogP contribution is -2.42. The molecule has 0 heterocycles. The second kappa shape index (κ2) is 6.78. The summed E-state index contributed by atoms with van der Waals surface area (Å²) >= 11 is 0. The fraction of sp³-hybridized carbons (Fsp3) is 0.667. The highest BCUT2D eigenvalue weighted by Crippen LogP contribution is 1.98. The number of amides is 2. The summed E-state index contributed by atoms with van der Waals surface area (Å²) in [6, 6.07) is -1.44. The van der Waals surface area contributed by atoms with Crippen molar-refractivity contribution < 1.29 is 19.5 Å². The van der Waals surface area contributed by atoms with Gasteiger partial charge in [0.25, 0.3) is 0 Å². The second-order valence-corrected chi connectivity index (χ2v) is 3.64. The molecule has 0 aromatic carbocycles. The molecule has 0 fully saturated rings. The number of primary amides is 1. The molecule has 0 aliphatic carbocycles. The Bertz CT molecular complexity index is 278. The van der Waals surface area contributed by atoms with Gasteiger partial charge in [-0.15, -0.1) is 0 Å². The quantitative estimate of drug-likeness (QED) is 0.425. The molecule has 7 heteroatoms. The predicted octanol–water partition coefficient (Wildman–Crippen LogP) is -1.44. The van der Waals surface area contributed by atoms with Crippen molar-refractivity contribution in [3.8, 4) is 0 Å². The minimum atomic E-state index is -1.20. The first-order valence-electron chi connectivity index (χ1n) is 4.89. The van der Waals surface area contributed by atoms with Crippen LogP contribution in [0.15, 0.2) is 0 Å². The van der Waals surface area contributed by atoms with Crippen LogP contribution in [-0.4, -0.2) is 35.0 Å². The van der Waals surface area contributed by atoms with Gasteiger partial charge in [-0.05, 0) is 13.3 Å². The third kappa shape index (κ3) is 6.77. The minimum Gasteiger partial charge on any atom is -0.480 e. The monoisotopic (exact) mass is 231 g/mol. The molecule has 7 nitrogen and oxygen atoms in total. The lowest BCUT2D eigenvalue weighted by atomic mass is 10.1. The highest BCUT2D eigenvalue weighted by atomic mass is 16.4. The van der Waals surface area contributed by atoms with Crippen molar-refractivity contribution in [2.75, 3.05) is 0 Å². The SMILES string of the molecule is CC(N)CC(=O)N[C@@H](CCC(N)=O)C(=O)O. The summed E-state index contributed by atoms with van der Waals surface area (Å²) in [6.07, 6.45) is -0.0643. The highest BCUT2D eigenvalue weighted by Gasteiger charge is 2.20. The number of aliphatic carboxylic acids is 1. The number of hydrogen-bond acceptors (Lipinski definition) is 4. The van der Waals surface area contributed by atoms with Crippen molar-refractivity contribution in [2.24, 2.45) is 11.5 Å². The van der Waals surface area contributed by atoms with E-state index in [0.29, 0.717) is 0 Å². The topological polar surface area (TPSA) is 136 Å². The first-order chi connectivity index (χ1) is 7.32. The maximum atomic E-state index is 11.2. The maximum Gasteiger partial charge on any atom is 0.326 e. The Morgan fingerprint density at radius 3 is 2.31 bits per heavy atom. The molecule has 0 saturated carbocycles. The number of nitrogens with one attached hydrogen (secondary N) is 1. The molecular formula is C9H17N3O4. The van der Waals surface area contributed by atoms with Gasteiger partial charge in [-0.2, -0.15) is 0 Å². The van der Waals surface area contributed by atoms with Crippen LogP contribution in [0.5, 0.6) is 0 Å². The van der Waals surface area contributed by atoms with E-state index < -0.39 is 23.8 Å². The number of carbonyl (C=O) groups excluding carboxylic acids is 2. The van der Waals surface area contributed by atoms with Crippen molar-refractivity contribution in [3.63, 3.8) is 0 Å². The standard InChI is InChI=1S/C9H17N3O4/c1-5(10)4-8(14)12-6(9(15)16)2-3-7(11)13/h5-6H,2-4,10H2,1H3,(H2,11,13)(H,12,14)(H,15,16)/t5?,6-/m0/s1. The summed E-state index contributed by atoms with van der Waals surface area (Å²) in [5.74, 6) is -2.25. The van der Waals surface area contributed by atoms with Crippen molar-refractivity contribution in [3.05, 3.63) is 0 Å². The molecule has 16 heavy (non-hydrogen) atoms. The molecule has 0 spiro atoms. The van der Waals surface area contributed by atoms with Crippen molar-refractivity contribution in [2.45, 2.75) is 38.3 Å². The van der Waals surface area contributed by atoms with Gasteiger partial charge in [-0.25, -0.2) is 4.79 Å². The van der Waals surface area contributed by atoms with Crippen LogP contribution in [0.2, 0.25) is 0 Å². The smallest absolute Gasteiger partial charge is 0.326 e. The van der Waals surface area contributed by atoms with E-state index in [1.54, 1.807) is 6.92 Å². The van der Waals surface area contributed by atoms with Crippen LogP contribution in [0.25, 0.3) is 0 Å². The molecule has 0 radical (unpaired) electrons. The Hall–Kier alpha value is -1.63. The van der Waals surface area contributed by atoms with E-state index in [2.05, 4.69) is 5.32 Å². The molecule has 6 N–H and O–H groups in total. The third-order valence-electron chi connectivity index (χ3n) is 1.82. The fourth-order valence-electron chi connectivity index (χ4n) is 1.09. The lowest BCUT2D eigenvalue weighted by molar-refractivity contribution is -0.142. The Morgan fingerprint density at radius 1 is 1.38 bits per heavy atom. The molecule has 2 atom stereocenters. The lowest BCUT2D eigenvalue weighted by Gasteiger charge is -2.14. The highest BCUT2D eigenvalue weighted by molar-refractivity contribution is 5.84. The predicted molar refractivity (Wildman–Crippen MR) is 56.3 cm³/mol. The molecule has 92 valence electrons. The van der Waals surface area contributed by atoms with Crippen LogP contribution < -0.4 is 16.8 Å². The van der Waals surface area contributed by atoms with Gasteiger partial charge in [0.2, 0.25) is 11.8 Å². The third-order valence-corrected chi connectivity index (χ3v) is 1.82. The van der Waals surface area contributed by atoms with Gasteiger partial charge in [0.15, 0.2) is 0 Å². The van der Waals surface area contributed by atoms with E-state index >= 15 is 0 Å². The van der Waals surface area contributed by atoms with Gasteiger partial charge in [0.05, 0.1) is 0 Å². The Kier molecular flexibility index (Phi) is 6.09. The average Bonchev–Trinajstić information content (AvgIpc) is 2.09. The summed E-state index contributed by atoms with van der Waals surface area (Å²) in [7, 11) is 0. The second-order valence-electron chi connectivity index (χ2n) is 3.64. The molecule has 0 aromatic heterocycles. The largest absolute Gasteiger partial charge is 0.480 e. The van der Waals surface area contributed by atoms with Crippen LogP contribution >= 0.6 is 0 Å². The molecule has 0 aromatic rings. The molecular weight excluding hydrogens is 214 g/mol. The average molecular weight is 231 g/mol. The van der Waals surface area contributed by atoms with Crippen LogP contribution in [-0.2, 0) is 14.4 Å². The van der Waals surface area contributed by atoms with Crippen LogP contribution in [0, 0.1) is 0 Å². The van der Waals surface area contributed by atoms with Gasteiger partial charge in [0, 0.05) is 18.9 Å². The van der Waals surface area contributed by atoms with Crippen molar-refractivity contribution in [1.29, 1.82) is 0 Å². The fourth-order valence-corrected chi connectivity index (χ4v) is 1.09.